The van der Waals surface area contributed by atoms with Gasteiger partial charge in [-0.1, -0.05) is 0 Å². The second-order valence-electron chi connectivity index (χ2n) is 3.49. The topological polar surface area (TPSA) is 62.7 Å². The fourth-order valence-electron chi connectivity index (χ4n) is 1.43. The van der Waals surface area contributed by atoms with Gasteiger partial charge in [0, 0.05) is 11.4 Å². The number of halogens is 1. The second kappa shape index (κ2) is 4.13. The first kappa shape index (κ1) is 10.9. The number of aromatic amines is 1. The van der Waals surface area contributed by atoms with Gasteiger partial charge in [-0.05, 0) is 41.9 Å². The molecule has 16 heavy (non-hydrogen) atoms. The largest absolute Gasteiger partial charge is 0.291 e. The molecule has 84 valence electrons. The summed E-state index contributed by atoms with van der Waals surface area (Å²) in [4.78, 5) is 11.3. The second-order valence-corrected chi connectivity index (χ2v) is 4.28. The molecule has 0 atom stereocenters. The summed E-state index contributed by atoms with van der Waals surface area (Å²) in [5.41, 5.74) is 5.61. The van der Waals surface area contributed by atoms with Crippen LogP contribution in [0.3, 0.4) is 0 Å². The highest BCUT2D eigenvalue weighted by atomic mass is 79.9. The van der Waals surface area contributed by atoms with Crippen LogP contribution in [0, 0.1) is 13.8 Å². The molecule has 0 aromatic carbocycles. The number of aromatic nitrogens is 3. The summed E-state index contributed by atoms with van der Waals surface area (Å²) in [6.07, 6.45) is 1.56. The molecule has 0 amide bonds. The monoisotopic (exact) mass is 282 g/mol. The normalized spacial score (nSPS) is 10.4. The number of hydrogen-bond donors (Lipinski definition) is 2. The first-order chi connectivity index (χ1) is 7.59. The molecule has 0 aliphatic carbocycles. The minimum Gasteiger partial charge on any atom is -0.291 e. The summed E-state index contributed by atoms with van der Waals surface area (Å²) in [6.45, 7) is 3.96. The highest BCUT2D eigenvalue weighted by molar-refractivity contribution is 9.10. The molecule has 0 fully saturated rings. The minimum absolute atomic E-state index is 0.257. The summed E-state index contributed by atoms with van der Waals surface area (Å²) in [7, 11) is 0. The van der Waals surface area contributed by atoms with Crippen molar-refractivity contribution in [2.45, 2.75) is 13.8 Å². The van der Waals surface area contributed by atoms with Gasteiger partial charge in [0.15, 0.2) is 0 Å². The van der Waals surface area contributed by atoms with E-state index in [1.54, 1.807) is 6.20 Å². The van der Waals surface area contributed by atoms with Crippen molar-refractivity contribution in [2.75, 3.05) is 5.43 Å². The Balaban J connectivity index is 2.42. The van der Waals surface area contributed by atoms with Crippen molar-refractivity contribution < 1.29 is 0 Å². The van der Waals surface area contributed by atoms with E-state index in [2.05, 4.69) is 31.6 Å². The molecule has 0 spiro atoms. The number of aryl methyl sites for hydroxylation is 2. The number of nitrogens with one attached hydrogen (secondary N) is 2. The number of anilines is 1. The van der Waals surface area contributed by atoms with Crippen LogP contribution < -0.4 is 11.0 Å². The van der Waals surface area contributed by atoms with Crippen molar-refractivity contribution >= 4 is 21.6 Å². The van der Waals surface area contributed by atoms with Gasteiger partial charge in [-0.3, -0.25) is 14.9 Å². The van der Waals surface area contributed by atoms with Crippen LogP contribution in [0.1, 0.15) is 11.4 Å². The van der Waals surface area contributed by atoms with E-state index in [1.807, 2.05) is 30.7 Å². The summed E-state index contributed by atoms with van der Waals surface area (Å²) in [5, 5.41) is 6.09. The summed E-state index contributed by atoms with van der Waals surface area (Å²) in [6, 6.07) is 3.99. The van der Waals surface area contributed by atoms with E-state index in [0.717, 1.165) is 11.4 Å². The maximum absolute atomic E-state index is 11.3. The molecule has 0 unspecified atom stereocenters. The van der Waals surface area contributed by atoms with E-state index in [-0.39, 0.29) is 5.56 Å². The Morgan fingerprint density at radius 2 is 2.00 bits per heavy atom. The van der Waals surface area contributed by atoms with Gasteiger partial charge in [-0.25, -0.2) is 5.10 Å². The predicted molar refractivity (Wildman–Crippen MR) is 65.5 cm³/mol. The number of hydrogen-bond acceptors (Lipinski definition) is 3. The zero-order valence-corrected chi connectivity index (χ0v) is 10.5. The Morgan fingerprint density at radius 1 is 1.38 bits per heavy atom. The third-order valence-corrected chi connectivity index (χ3v) is 3.09. The molecule has 2 rings (SSSR count). The lowest BCUT2D eigenvalue weighted by Gasteiger charge is -2.12. The van der Waals surface area contributed by atoms with Gasteiger partial charge in [0.25, 0.3) is 5.56 Å². The minimum atomic E-state index is -0.257. The molecule has 0 saturated carbocycles. The average molecular weight is 283 g/mol. The zero-order valence-electron chi connectivity index (χ0n) is 8.91. The molecule has 6 heteroatoms. The molecule has 5 nitrogen and oxygen atoms in total. The standard InChI is InChI=1S/C10H11BrN4O/c1-6-3-4-7(2)15(6)14-8-5-12-13-10(16)9(8)11/h3-5H,1-2H3,(H2,13,14,16). The molecular weight excluding hydrogens is 272 g/mol. The fourth-order valence-corrected chi connectivity index (χ4v) is 1.71. The summed E-state index contributed by atoms with van der Waals surface area (Å²) >= 11 is 3.22. The predicted octanol–water partition coefficient (Wildman–Crippen LogP) is 1.83. The van der Waals surface area contributed by atoms with Crippen LogP contribution in [0.2, 0.25) is 0 Å². The van der Waals surface area contributed by atoms with E-state index in [0.29, 0.717) is 10.2 Å². The maximum atomic E-state index is 11.3. The Bertz CT molecular complexity index is 553. The van der Waals surface area contributed by atoms with Crippen LogP contribution >= 0.6 is 15.9 Å². The lowest BCUT2D eigenvalue weighted by molar-refractivity contribution is 0.868. The molecule has 2 N–H and O–H groups in total. The van der Waals surface area contributed by atoms with E-state index in [1.165, 1.54) is 0 Å². The highest BCUT2D eigenvalue weighted by Gasteiger charge is 2.06. The van der Waals surface area contributed by atoms with E-state index in [4.69, 9.17) is 0 Å². The maximum Gasteiger partial charge on any atom is 0.280 e. The SMILES string of the molecule is Cc1ccc(C)n1Nc1cn[nH]c(=O)c1Br. The molecule has 0 bridgehead atoms. The number of H-pyrrole nitrogens is 1. The van der Waals surface area contributed by atoms with Crippen LogP contribution in [0.4, 0.5) is 5.69 Å². The quantitative estimate of drug-likeness (QED) is 0.883. The van der Waals surface area contributed by atoms with Gasteiger partial charge < -0.3 is 0 Å². The summed E-state index contributed by atoms with van der Waals surface area (Å²) < 4.78 is 2.33. The van der Waals surface area contributed by atoms with Crippen LogP contribution in [0.25, 0.3) is 0 Å². The van der Waals surface area contributed by atoms with Gasteiger partial charge in [0.2, 0.25) is 0 Å². The molecule has 2 aromatic heterocycles. The van der Waals surface area contributed by atoms with Crippen LogP contribution in [-0.4, -0.2) is 14.9 Å². The van der Waals surface area contributed by atoms with Gasteiger partial charge in [0.1, 0.15) is 4.47 Å². The van der Waals surface area contributed by atoms with Crippen LogP contribution in [0.15, 0.2) is 27.6 Å². The third kappa shape index (κ3) is 1.88. The van der Waals surface area contributed by atoms with Gasteiger partial charge >= 0.3 is 0 Å². The fraction of sp³-hybridized carbons (Fsp3) is 0.200. The Kier molecular flexibility index (Phi) is 2.82. The van der Waals surface area contributed by atoms with E-state index < -0.39 is 0 Å². The highest BCUT2D eigenvalue weighted by Crippen LogP contribution is 2.17. The van der Waals surface area contributed by atoms with E-state index >= 15 is 0 Å². The lowest BCUT2D eigenvalue weighted by Crippen LogP contribution is -2.17. The molecule has 2 heterocycles. The lowest BCUT2D eigenvalue weighted by atomic mass is 10.5. The molecule has 0 saturated heterocycles. The van der Waals surface area contributed by atoms with Crippen molar-refractivity contribution in [1.29, 1.82) is 0 Å². The molecule has 0 aliphatic heterocycles. The average Bonchev–Trinajstić information content (AvgIpc) is 2.56. The van der Waals surface area contributed by atoms with E-state index in [9.17, 15) is 4.79 Å². The van der Waals surface area contributed by atoms with Gasteiger partial charge in [-0.2, -0.15) is 5.10 Å². The number of rotatable bonds is 2. The van der Waals surface area contributed by atoms with Gasteiger partial charge in [-0.15, -0.1) is 0 Å². The number of nitrogens with zero attached hydrogens (tertiary/aromatic N) is 2. The van der Waals surface area contributed by atoms with Crippen molar-refractivity contribution in [2.24, 2.45) is 0 Å². The molecule has 0 radical (unpaired) electrons. The van der Waals surface area contributed by atoms with Crippen molar-refractivity contribution in [3.05, 3.63) is 44.5 Å². The third-order valence-electron chi connectivity index (χ3n) is 2.30. The first-order valence-corrected chi connectivity index (χ1v) is 5.54. The van der Waals surface area contributed by atoms with Gasteiger partial charge in [0.05, 0.1) is 11.9 Å². The Labute approximate surface area is 101 Å². The van der Waals surface area contributed by atoms with Crippen molar-refractivity contribution in [3.8, 4) is 0 Å². The molecule has 2 aromatic rings. The smallest absolute Gasteiger partial charge is 0.280 e. The summed E-state index contributed by atoms with van der Waals surface area (Å²) in [5.74, 6) is 0. The van der Waals surface area contributed by atoms with Crippen LogP contribution in [0.5, 0.6) is 0 Å². The molecule has 0 aliphatic rings. The zero-order chi connectivity index (χ0) is 11.7. The van der Waals surface area contributed by atoms with Crippen molar-refractivity contribution in [1.82, 2.24) is 14.9 Å². The molecular formula is C10H11BrN4O. The Morgan fingerprint density at radius 3 is 2.62 bits per heavy atom. The van der Waals surface area contributed by atoms with Crippen LogP contribution in [-0.2, 0) is 0 Å². The first-order valence-electron chi connectivity index (χ1n) is 4.75. The Hall–Kier alpha value is -1.56. The van der Waals surface area contributed by atoms with Crippen molar-refractivity contribution in [3.63, 3.8) is 0 Å².